The first-order valence-corrected chi connectivity index (χ1v) is 4.39. The van der Waals surface area contributed by atoms with Crippen LogP contribution in [0.5, 0.6) is 0 Å². The summed E-state index contributed by atoms with van der Waals surface area (Å²) in [6.45, 7) is 3.76. The number of carbonyl (C=O) groups is 1. The summed E-state index contributed by atoms with van der Waals surface area (Å²) in [5, 5.41) is 2.73. The van der Waals surface area contributed by atoms with Gasteiger partial charge in [0, 0.05) is 17.5 Å². The van der Waals surface area contributed by atoms with Gasteiger partial charge in [-0.2, -0.15) is 0 Å². The Labute approximate surface area is 83.6 Å². The van der Waals surface area contributed by atoms with Gasteiger partial charge < -0.3 is 11.1 Å². The average Bonchev–Trinajstić information content (AvgIpc) is 2.07. The number of nitrogens with one attached hydrogen (secondary N) is 1. The van der Waals surface area contributed by atoms with E-state index in [9.17, 15) is 4.79 Å². The molecule has 1 aromatic rings. The maximum absolute atomic E-state index is 11.3. The van der Waals surface area contributed by atoms with E-state index in [1.165, 1.54) is 0 Å². The molecule has 74 valence electrons. The van der Waals surface area contributed by atoms with E-state index >= 15 is 0 Å². The molecule has 0 spiro atoms. The maximum Gasteiger partial charge on any atom is 0.248 e. The highest BCUT2D eigenvalue weighted by atomic mass is 16.1. The van der Waals surface area contributed by atoms with Crippen molar-refractivity contribution in [1.29, 1.82) is 0 Å². The van der Waals surface area contributed by atoms with Crippen LogP contribution in [0.3, 0.4) is 0 Å². The van der Waals surface area contributed by atoms with E-state index in [0.717, 1.165) is 11.3 Å². The van der Waals surface area contributed by atoms with Crippen molar-refractivity contribution in [2.24, 2.45) is 0 Å². The first-order chi connectivity index (χ1) is 6.58. The molecule has 3 N–H and O–H groups in total. The Morgan fingerprint density at radius 3 is 2.36 bits per heavy atom. The number of rotatable bonds is 2. The molecule has 0 aliphatic carbocycles. The van der Waals surface area contributed by atoms with Crippen molar-refractivity contribution in [1.82, 2.24) is 0 Å². The largest absolute Gasteiger partial charge is 0.399 e. The fourth-order valence-electron chi connectivity index (χ4n) is 1.01. The summed E-state index contributed by atoms with van der Waals surface area (Å²) >= 11 is 0. The van der Waals surface area contributed by atoms with E-state index in [2.05, 4.69) is 5.32 Å². The summed E-state index contributed by atoms with van der Waals surface area (Å²) in [6, 6.07) is 7.04. The number of allylic oxidation sites excluding steroid dienone is 1. The number of benzene rings is 1. The lowest BCUT2D eigenvalue weighted by molar-refractivity contribution is -0.111. The second kappa shape index (κ2) is 4.46. The Balaban J connectivity index is 2.66. The molecule has 0 atom stereocenters. The summed E-state index contributed by atoms with van der Waals surface area (Å²) in [7, 11) is 0. The molecule has 3 heteroatoms. The van der Waals surface area contributed by atoms with Crippen LogP contribution in [0.15, 0.2) is 35.9 Å². The molecule has 3 nitrogen and oxygen atoms in total. The Bertz CT molecular complexity index is 348. The molecule has 0 aliphatic heterocycles. The Morgan fingerprint density at radius 1 is 1.29 bits per heavy atom. The minimum Gasteiger partial charge on any atom is -0.399 e. The number of carbonyl (C=O) groups excluding carboxylic acids is 1. The van der Waals surface area contributed by atoms with Gasteiger partial charge in [-0.1, -0.05) is 5.57 Å². The number of anilines is 2. The van der Waals surface area contributed by atoms with Crippen molar-refractivity contribution in [2.45, 2.75) is 13.8 Å². The van der Waals surface area contributed by atoms with Crippen LogP contribution < -0.4 is 11.1 Å². The Kier molecular flexibility index (Phi) is 3.29. The molecule has 0 aromatic heterocycles. The summed E-state index contributed by atoms with van der Waals surface area (Å²) in [5.74, 6) is -0.116. The second-order valence-corrected chi connectivity index (χ2v) is 3.33. The molecule has 0 heterocycles. The second-order valence-electron chi connectivity index (χ2n) is 3.33. The molecule has 14 heavy (non-hydrogen) atoms. The molecular weight excluding hydrogens is 176 g/mol. The summed E-state index contributed by atoms with van der Waals surface area (Å²) in [5.41, 5.74) is 7.92. The third-order valence-electron chi connectivity index (χ3n) is 1.60. The normalized spacial score (nSPS) is 9.29. The van der Waals surface area contributed by atoms with Crippen LogP contribution in [0.25, 0.3) is 0 Å². The molecule has 0 fully saturated rings. The average molecular weight is 190 g/mol. The first-order valence-electron chi connectivity index (χ1n) is 4.39. The monoisotopic (exact) mass is 190 g/mol. The van der Waals surface area contributed by atoms with E-state index in [4.69, 9.17) is 5.73 Å². The lowest BCUT2D eigenvalue weighted by Gasteiger charge is -2.02. The predicted molar refractivity (Wildman–Crippen MR) is 58.9 cm³/mol. The highest BCUT2D eigenvalue weighted by Crippen LogP contribution is 2.10. The van der Waals surface area contributed by atoms with Gasteiger partial charge in [0.1, 0.15) is 0 Å². The maximum atomic E-state index is 11.3. The summed E-state index contributed by atoms with van der Waals surface area (Å²) in [6.07, 6.45) is 1.55. The topological polar surface area (TPSA) is 55.1 Å². The molecule has 0 unspecified atom stereocenters. The zero-order chi connectivity index (χ0) is 10.6. The van der Waals surface area contributed by atoms with Crippen LogP contribution in [0.1, 0.15) is 13.8 Å². The van der Waals surface area contributed by atoms with Crippen LogP contribution in [0.2, 0.25) is 0 Å². The summed E-state index contributed by atoms with van der Waals surface area (Å²) in [4.78, 5) is 11.3. The van der Waals surface area contributed by atoms with Crippen LogP contribution in [0.4, 0.5) is 11.4 Å². The molecule has 0 aliphatic rings. The molecule has 0 saturated carbocycles. The number of amides is 1. The van der Waals surface area contributed by atoms with Gasteiger partial charge >= 0.3 is 0 Å². The van der Waals surface area contributed by atoms with Gasteiger partial charge in [-0.05, 0) is 38.1 Å². The third-order valence-corrected chi connectivity index (χ3v) is 1.60. The van der Waals surface area contributed by atoms with Gasteiger partial charge in [-0.25, -0.2) is 0 Å². The van der Waals surface area contributed by atoms with Gasteiger partial charge in [-0.3, -0.25) is 4.79 Å². The van der Waals surface area contributed by atoms with E-state index in [0.29, 0.717) is 5.69 Å². The van der Waals surface area contributed by atoms with Crippen molar-refractivity contribution in [3.8, 4) is 0 Å². The highest BCUT2D eigenvalue weighted by molar-refractivity contribution is 5.99. The van der Waals surface area contributed by atoms with E-state index in [-0.39, 0.29) is 5.91 Å². The number of hydrogen-bond acceptors (Lipinski definition) is 2. The van der Waals surface area contributed by atoms with Gasteiger partial charge in [0.25, 0.3) is 0 Å². The number of nitrogens with two attached hydrogens (primary N) is 1. The van der Waals surface area contributed by atoms with Crippen LogP contribution in [-0.4, -0.2) is 5.91 Å². The number of nitrogen functional groups attached to an aromatic ring is 1. The quantitative estimate of drug-likeness (QED) is 0.554. The van der Waals surface area contributed by atoms with Crippen molar-refractivity contribution >= 4 is 17.3 Å². The standard InChI is InChI=1S/C11H14N2O/c1-8(2)7-11(14)13-10-5-3-9(12)4-6-10/h3-7H,12H2,1-2H3,(H,13,14). The minimum atomic E-state index is -0.116. The lowest BCUT2D eigenvalue weighted by atomic mass is 10.2. The fourth-order valence-corrected chi connectivity index (χ4v) is 1.01. The van der Waals surface area contributed by atoms with Gasteiger partial charge in [0.05, 0.1) is 0 Å². The molecule has 0 saturated heterocycles. The van der Waals surface area contributed by atoms with Crippen LogP contribution in [0, 0.1) is 0 Å². The van der Waals surface area contributed by atoms with E-state index in [1.807, 2.05) is 13.8 Å². The smallest absolute Gasteiger partial charge is 0.248 e. The lowest BCUT2D eigenvalue weighted by Crippen LogP contribution is -2.08. The Hall–Kier alpha value is -1.77. The molecular formula is C11H14N2O. The van der Waals surface area contributed by atoms with Crippen molar-refractivity contribution in [3.63, 3.8) is 0 Å². The van der Waals surface area contributed by atoms with Crippen molar-refractivity contribution in [3.05, 3.63) is 35.9 Å². The van der Waals surface area contributed by atoms with Gasteiger partial charge in [-0.15, -0.1) is 0 Å². The predicted octanol–water partition coefficient (Wildman–Crippen LogP) is 2.17. The van der Waals surface area contributed by atoms with Gasteiger partial charge in [0.15, 0.2) is 0 Å². The summed E-state index contributed by atoms with van der Waals surface area (Å²) < 4.78 is 0. The van der Waals surface area contributed by atoms with Crippen LogP contribution in [-0.2, 0) is 4.79 Å². The zero-order valence-corrected chi connectivity index (χ0v) is 8.37. The highest BCUT2D eigenvalue weighted by Gasteiger charge is 1.97. The molecule has 1 aromatic carbocycles. The Morgan fingerprint density at radius 2 is 1.86 bits per heavy atom. The van der Waals surface area contributed by atoms with Crippen molar-refractivity contribution < 1.29 is 4.79 Å². The van der Waals surface area contributed by atoms with E-state index in [1.54, 1.807) is 30.3 Å². The van der Waals surface area contributed by atoms with Crippen molar-refractivity contribution in [2.75, 3.05) is 11.1 Å². The van der Waals surface area contributed by atoms with E-state index < -0.39 is 0 Å². The first kappa shape index (κ1) is 10.3. The molecule has 0 bridgehead atoms. The molecule has 1 amide bonds. The van der Waals surface area contributed by atoms with Gasteiger partial charge in [0.2, 0.25) is 5.91 Å². The SMILES string of the molecule is CC(C)=CC(=O)Nc1ccc(N)cc1. The number of hydrogen-bond donors (Lipinski definition) is 2. The third kappa shape index (κ3) is 3.31. The minimum absolute atomic E-state index is 0.116. The zero-order valence-electron chi connectivity index (χ0n) is 8.37. The molecule has 0 radical (unpaired) electrons. The molecule has 1 rings (SSSR count). The fraction of sp³-hybridized carbons (Fsp3) is 0.182. The van der Waals surface area contributed by atoms with Crippen LogP contribution >= 0.6 is 0 Å².